The first kappa shape index (κ1) is 16.1. The van der Waals surface area contributed by atoms with Crippen molar-refractivity contribution in [3.8, 4) is 11.5 Å². The van der Waals surface area contributed by atoms with Crippen molar-refractivity contribution >= 4 is 5.71 Å². The number of hydrogen-bond acceptors (Lipinski definition) is 6. The molecule has 23 heavy (non-hydrogen) atoms. The number of aliphatic hydroxyl groups is 2. The Kier molecular flexibility index (Phi) is 5.03. The molecule has 1 aromatic rings. The highest BCUT2D eigenvalue weighted by atomic mass is 16.7. The molecule has 2 N–H and O–H groups in total. The molecule has 1 aromatic carbocycles. The average molecular weight is 321 g/mol. The van der Waals surface area contributed by atoms with E-state index in [9.17, 15) is 10.2 Å². The van der Waals surface area contributed by atoms with Crippen LogP contribution in [0.3, 0.4) is 0 Å². The molecule has 2 atom stereocenters. The van der Waals surface area contributed by atoms with Gasteiger partial charge in [0.15, 0.2) is 17.6 Å². The fourth-order valence-corrected chi connectivity index (χ4v) is 3.19. The Balaban J connectivity index is 1.85. The second-order valence-electron chi connectivity index (χ2n) is 5.98. The van der Waals surface area contributed by atoms with E-state index in [1.807, 2.05) is 18.2 Å². The van der Waals surface area contributed by atoms with E-state index >= 15 is 0 Å². The van der Waals surface area contributed by atoms with Gasteiger partial charge in [-0.05, 0) is 43.9 Å². The first-order chi connectivity index (χ1) is 11.3. The molecular formula is C17H23NO5. The quantitative estimate of drug-likeness (QED) is 0.834. The minimum atomic E-state index is -0.503. The van der Waals surface area contributed by atoms with Crippen molar-refractivity contribution in [2.45, 2.75) is 37.9 Å². The Hall–Kier alpha value is -1.79. The van der Waals surface area contributed by atoms with Crippen LogP contribution in [0.2, 0.25) is 0 Å². The number of methoxy groups -OCH3 is 1. The monoisotopic (exact) mass is 321 g/mol. The van der Waals surface area contributed by atoms with Crippen LogP contribution in [0, 0.1) is 5.92 Å². The van der Waals surface area contributed by atoms with E-state index in [4.69, 9.17) is 14.3 Å². The Morgan fingerprint density at radius 2 is 1.96 bits per heavy atom. The highest BCUT2D eigenvalue weighted by molar-refractivity contribution is 6.03. The lowest BCUT2D eigenvalue weighted by molar-refractivity contribution is 0.00650. The number of rotatable bonds is 6. The zero-order valence-corrected chi connectivity index (χ0v) is 13.3. The summed E-state index contributed by atoms with van der Waals surface area (Å²) in [6, 6.07) is 5.58. The van der Waals surface area contributed by atoms with E-state index in [-0.39, 0.29) is 25.2 Å². The molecular weight excluding hydrogens is 298 g/mol. The van der Waals surface area contributed by atoms with E-state index in [1.165, 1.54) is 12.8 Å². The minimum absolute atomic E-state index is 0.130. The van der Waals surface area contributed by atoms with E-state index in [2.05, 4.69) is 5.16 Å². The van der Waals surface area contributed by atoms with Crippen molar-refractivity contribution in [1.82, 2.24) is 0 Å². The zero-order valence-electron chi connectivity index (χ0n) is 13.3. The third-order valence-corrected chi connectivity index (χ3v) is 4.52. The SMILES string of the molecule is COc1ccc(C2=NOC(CO)C2CO)cc1OC1CCCC1. The van der Waals surface area contributed by atoms with Crippen LogP contribution < -0.4 is 9.47 Å². The van der Waals surface area contributed by atoms with Gasteiger partial charge < -0.3 is 24.5 Å². The molecule has 3 rings (SSSR count). The summed E-state index contributed by atoms with van der Waals surface area (Å²) < 4.78 is 11.5. The number of aliphatic hydroxyl groups excluding tert-OH is 2. The maximum Gasteiger partial charge on any atom is 0.162 e. The Morgan fingerprint density at radius 1 is 1.17 bits per heavy atom. The Morgan fingerprint density at radius 3 is 2.61 bits per heavy atom. The third-order valence-electron chi connectivity index (χ3n) is 4.52. The van der Waals surface area contributed by atoms with Crippen LogP contribution in [0.25, 0.3) is 0 Å². The molecule has 1 saturated carbocycles. The van der Waals surface area contributed by atoms with Crippen LogP contribution in [0.15, 0.2) is 23.4 Å². The molecule has 126 valence electrons. The van der Waals surface area contributed by atoms with Crippen LogP contribution in [0.5, 0.6) is 11.5 Å². The van der Waals surface area contributed by atoms with Gasteiger partial charge in [-0.3, -0.25) is 0 Å². The van der Waals surface area contributed by atoms with Gasteiger partial charge in [-0.25, -0.2) is 0 Å². The molecule has 0 amide bonds. The topological polar surface area (TPSA) is 80.5 Å². The molecule has 0 spiro atoms. The van der Waals surface area contributed by atoms with Crippen molar-refractivity contribution in [3.05, 3.63) is 23.8 Å². The number of oxime groups is 1. The predicted molar refractivity (Wildman–Crippen MR) is 84.9 cm³/mol. The van der Waals surface area contributed by atoms with Crippen LogP contribution in [0.1, 0.15) is 31.2 Å². The van der Waals surface area contributed by atoms with Crippen LogP contribution in [-0.4, -0.2) is 48.5 Å². The maximum absolute atomic E-state index is 9.57. The summed E-state index contributed by atoms with van der Waals surface area (Å²) in [5.74, 6) is 1.02. The van der Waals surface area contributed by atoms with Gasteiger partial charge in [-0.1, -0.05) is 5.16 Å². The molecule has 6 nitrogen and oxygen atoms in total. The largest absolute Gasteiger partial charge is 0.493 e. The molecule has 0 radical (unpaired) electrons. The Labute approximate surface area is 135 Å². The van der Waals surface area contributed by atoms with Gasteiger partial charge >= 0.3 is 0 Å². The van der Waals surface area contributed by atoms with Gasteiger partial charge in [-0.15, -0.1) is 0 Å². The summed E-state index contributed by atoms with van der Waals surface area (Å²) in [4.78, 5) is 5.21. The molecule has 0 aromatic heterocycles. The highest BCUT2D eigenvalue weighted by Gasteiger charge is 2.34. The Bertz CT molecular complexity index is 568. The summed E-state index contributed by atoms with van der Waals surface area (Å²) >= 11 is 0. The van der Waals surface area contributed by atoms with Crippen LogP contribution in [0.4, 0.5) is 0 Å². The summed E-state index contributed by atoms with van der Waals surface area (Å²) in [6.45, 7) is -0.311. The lowest BCUT2D eigenvalue weighted by Gasteiger charge is -2.18. The normalized spacial score (nSPS) is 24.4. The predicted octanol–water partition coefficient (Wildman–Crippen LogP) is 1.72. The van der Waals surface area contributed by atoms with E-state index in [0.717, 1.165) is 18.4 Å². The van der Waals surface area contributed by atoms with Crippen LogP contribution in [-0.2, 0) is 4.84 Å². The highest BCUT2D eigenvalue weighted by Crippen LogP contribution is 2.34. The van der Waals surface area contributed by atoms with Crippen molar-refractivity contribution in [2.75, 3.05) is 20.3 Å². The summed E-state index contributed by atoms with van der Waals surface area (Å²) in [5, 5.41) is 22.9. The minimum Gasteiger partial charge on any atom is -0.493 e. The van der Waals surface area contributed by atoms with Gasteiger partial charge in [0.05, 0.1) is 38.1 Å². The van der Waals surface area contributed by atoms with Crippen molar-refractivity contribution < 1.29 is 24.5 Å². The summed E-state index contributed by atoms with van der Waals surface area (Å²) in [7, 11) is 1.62. The van der Waals surface area contributed by atoms with Gasteiger partial charge in [0.25, 0.3) is 0 Å². The molecule has 6 heteroatoms. The number of hydrogen-bond donors (Lipinski definition) is 2. The first-order valence-electron chi connectivity index (χ1n) is 8.07. The molecule has 1 heterocycles. The van der Waals surface area contributed by atoms with Gasteiger partial charge in [0.2, 0.25) is 0 Å². The van der Waals surface area contributed by atoms with E-state index in [0.29, 0.717) is 17.2 Å². The summed E-state index contributed by atoms with van der Waals surface area (Å²) in [6.07, 6.45) is 4.22. The summed E-state index contributed by atoms with van der Waals surface area (Å²) in [5.41, 5.74) is 1.44. The lowest BCUT2D eigenvalue weighted by Crippen LogP contribution is -2.30. The van der Waals surface area contributed by atoms with Crippen molar-refractivity contribution in [2.24, 2.45) is 11.1 Å². The number of benzene rings is 1. The van der Waals surface area contributed by atoms with E-state index in [1.54, 1.807) is 7.11 Å². The first-order valence-corrected chi connectivity index (χ1v) is 8.07. The lowest BCUT2D eigenvalue weighted by atomic mass is 9.93. The number of ether oxygens (including phenoxy) is 2. The fraction of sp³-hybridized carbons (Fsp3) is 0.588. The van der Waals surface area contributed by atoms with Crippen LogP contribution >= 0.6 is 0 Å². The molecule has 2 unspecified atom stereocenters. The van der Waals surface area contributed by atoms with Crippen molar-refractivity contribution in [3.63, 3.8) is 0 Å². The third kappa shape index (κ3) is 3.28. The standard InChI is InChI=1S/C17H23NO5/c1-21-14-7-6-11(8-15(14)22-12-4-2-3-5-12)17-13(9-19)16(10-20)23-18-17/h6-8,12-13,16,19-20H,2-5,9-10H2,1H3. The second kappa shape index (κ2) is 7.19. The van der Waals surface area contributed by atoms with Gasteiger partial charge in [0.1, 0.15) is 0 Å². The van der Waals surface area contributed by atoms with E-state index < -0.39 is 6.10 Å². The molecule has 0 saturated heterocycles. The molecule has 0 bridgehead atoms. The smallest absolute Gasteiger partial charge is 0.162 e. The van der Waals surface area contributed by atoms with Crippen molar-refractivity contribution in [1.29, 1.82) is 0 Å². The molecule has 1 aliphatic heterocycles. The zero-order chi connectivity index (χ0) is 16.2. The second-order valence-corrected chi connectivity index (χ2v) is 5.98. The number of nitrogens with zero attached hydrogens (tertiary/aromatic N) is 1. The molecule has 1 fully saturated rings. The molecule has 2 aliphatic rings. The van der Waals surface area contributed by atoms with Gasteiger partial charge in [0, 0.05) is 5.56 Å². The van der Waals surface area contributed by atoms with Gasteiger partial charge in [-0.2, -0.15) is 0 Å². The molecule has 1 aliphatic carbocycles. The average Bonchev–Trinajstić information content (AvgIpc) is 3.23. The maximum atomic E-state index is 9.57. The fourth-order valence-electron chi connectivity index (χ4n) is 3.19.